The number of aromatic amines is 1. The minimum Gasteiger partial charge on any atom is -0.386 e. The fourth-order valence-electron chi connectivity index (χ4n) is 1.43. The van der Waals surface area contributed by atoms with Crippen molar-refractivity contribution in [3.05, 3.63) is 35.8 Å². The van der Waals surface area contributed by atoms with Gasteiger partial charge >= 0.3 is 0 Å². The second-order valence-corrected chi connectivity index (χ2v) is 3.21. The summed E-state index contributed by atoms with van der Waals surface area (Å²) in [5.74, 6) is -0.287. The van der Waals surface area contributed by atoms with Gasteiger partial charge in [0.15, 0.2) is 0 Å². The minimum atomic E-state index is -0.717. The van der Waals surface area contributed by atoms with Crippen molar-refractivity contribution in [3.63, 3.8) is 0 Å². The zero-order valence-corrected chi connectivity index (χ0v) is 7.50. The van der Waals surface area contributed by atoms with Crippen LogP contribution < -0.4 is 5.73 Å². The van der Waals surface area contributed by atoms with Gasteiger partial charge < -0.3 is 15.8 Å². The molecule has 0 radical (unpaired) electrons. The predicted octanol–water partition coefficient (Wildman–Crippen LogP) is 1.30. The van der Waals surface area contributed by atoms with Crippen molar-refractivity contribution in [2.45, 2.75) is 6.10 Å². The van der Waals surface area contributed by atoms with E-state index in [1.165, 1.54) is 12.1 Å². The average Bonchev–Trinajstić information content (AvgIpc) is 2.59. The van der Waals surface area contributed by atoms with Gasteiger partial charge in [0.2, 0.25) is 0 Å². The molecule has 0 aliphatic rings. The molecule has 0 bridgehead atoms. The third-order valence-corrected chi connectivity index (χ3v) is 2.19. The van der Waals surface area contributed by atoms with E-state index in [0.717, 1.165) is 10.9 Å². The van der Waals surface area contributed by atoms with Gasteiger partial charge in [0, 0.05) is 23.1 Å². The fraction of sp³-hybridized carbons (Fsp3) is 0.200. The van der Waals surface area contributed by atoms with Gasteiger partial charge in [-0.25, -0.2) is 4.39 Å². The summed E-state index contributed by atoms with van der Waals surface area (Å²) in [4.78, 5) is 2.98. The number of nitrogens with two attached hydrogens (primary N) is 1. The zero-order chi connectivity index (χ0) is 10.1. The number of aromatic nitrogens is 1. The number of benzene rings is 1. The Hall–Kier alpha value is -1.39. The Balaban J connectivity index is 2.51. The molecule has 1 heterocycles. The first-order valence-corrected chi connectivity index (χ1v) is 4.37. The molecule has 4 N–H and O–H groups in total. The highest BCUT2D eigenvalue weighted by Gasteiger charge is 2.08. The van der Waals surface area contributed by atoms with E-state index < -0.39 is 6.10 Å². The Kier molecular flexibility index (Phi) is 2.23. The highest BCUT2D eigenvalue weighted by Crippen LogP contribution is 2.20. The lowest BCUT2D eigenvalue weighted by atomic mass is 10.2. The molecule has 1 unspecified atom stereocenters. The van der Waals surface area contributed by atoms with Crippen molar-refractivity contribution in [2.24, 2.45) is 5.73 Å². The average molecular weight is 194 g/mol. The Morgan fingerprint density at radius 3 is 2.93 bits per heavy atom. The first kappa shape index (κ1) is 9.18. The largest absolute Gasteiger partial charge is 0.386 e. The maximum absolute atomic E-state index is 12.8. The summed E-state index contributed by atoms with van der Waals surface area (Å²) in [6, 6.07) is 6.13. The Bertz CT molecular complexity index is 452. The van der Waals surface area contributed by atoms with Crippen LogP contribution >= 0.6 is 0 Å². The van der Waals surface area contributed by atoms with Crippen LogP contribution in [0.5, 0.6) is 0 Å². The second kappa shape index (κ2) is 3.40. The third kappa shape index (κ3) is 1.49. The lowest BCUT2D eigenvalue weighted by Crippen LogP contribution is -2.11. The van der Waals surface area contributed by atoms with Crippen molar-refractivity contribution in [3.8, 4) is 0 Å². The van der Waals surface area contributed by atoms with Gasteiger partial charge in [-0.3, -0.25) is 0 Å². The van der Waals surface area contributed by atoms with Crippen molar-refractivity contribution in [1.29, 1.82) is 0 Å². The molecular weight excluding hydrogens is 183 g/mol. The molecule has 74 valence electrons. The first-order valence-electron chi connectivity index (χ1n) is 4.37. The lowest BCUT2D eigenvalue weighted by Gasteiger charge is -2.02. The molecule has 1 aromatic carbocycles. The molecule has 3 nitrogen and oxygen atoms in total. The van der Waals surface area contributed by atoms with Crippen molar-refractivity contribution in [2.75, 3.05) is 6.54 Å². The van der Waals surface area contributed by atoms with Crippen molar-refractivity contribution >= 4 is 10.9 Å². The summed E-state index contributed by atoms with van der Waals surface area (Å²) in [5, 5.41) is 10.2. The Morgan fingerprint density at radius 2 is 2.21 bits per heavy atom. The van der Waals surface area contributed by atoms with Crippen LogP contribution in [0.4, 0.5) is 4.39 Å². The molecule has 0 fully saturated rings. The lowest BCUT2D eigenvalue weighted by molar-refractivity contribution is 0.183. The maximum Gasteiger partial charge on any atom is 0.123 e. The molecule has 1 aromatic heterocycles. The van der Waals surface area contributed by atoms with Crippen LogP contribution in [-0.4, -0.2) is 16.6 Å². The minimum absolute atomic E-state index is 0.148. The number of fused-ring (bicyclic) bond motifs is 1. The van der Waals surface area contributed by atoms with Crippen LogP contribution in [0.2, 0.25) is 0 Å². The number of hydrogen-bond acceptors (Lipinski definition) is 2. The molecule has 0 saturated heterocycles. The molecule has 0 amide bonds. The number of rotatable bonds is 2. The van der Waals surface area contributed by atoms with E-state index >= 15 is 0 Å². The quantitative estimate of drug-likeness (QED) is 0.674. The van der Waals surface area contributed by atoms with Crippen LogP contribution in [0.1, 0.15) is 11.8 Å². The SMILES string of the molecule is NCC(O)c1cc2cc(F)ccc2[nH]1. The van der Waals surface area contributed by atoms with Gasteiger partial charge in [0.25, 0.3) is 0 Å². The van der Waals surface area contributed by atoms with Gasteiger partial charge in [-0.05, 0) is 24.3 Å². The number of nitrogens with one attached hydrogen (secondary N) is 1. The number of aliphatic hydroxyl groups is 1. The summed E-state index contributed by atoms with van der Waals surface area (Å²) >= 11 is 0. The topological polar surface area (TPSA) is 62.0 Å². The van der Waals surface area contributed by atoms with Crippen LogP contribution in [0.15, 0.2) is 24.3 Å². The summed E-state index contributed by atoms with van der Waals surface area (Å²) in [5.41, 5.74) is 6.73. The fourth-order valence-corrected chi connectivity index (χ4v) is 1.43. The normalized spacial score (nSPS) is 13.4. The number of aliphatic hydroxyl groups excluding tert-OH is 1. The van der Waals surface area contributed by atoms with E-state index in [-0.39, 0.29) is 12.4 Å². The predicted molar refractivity (Wildman–Crippen MR) is 52.3 cm³/mol. The van der Waals surface area contributed by atoms with Gasteiger partial charge in [0.1, 0.15) is 11.9 Å². The van der Waals surface area contributed by atoms with E-state index in [1.807, 2.05) is 0 Å². The van der Waals surface area contributed by atoms with Gasteiger partial charge in [-0.15, -0.1) is 0 Å². The number of hydrogen-bond donors (Lipinski definition) is 3. The smallest absolute Gasteiger partial charge is 0.123 e. The van der Waals surface area contributed by atoms with Crippen LogP contribution in [0.3, 0.4) is 0 Å². The van der Waals surface area contributed by atoms with E-state index in [4.69, 9.17) is 5.73 Å². The van der Waals surface area contributed by atoms with Gasteiger partial charge in [-0.2, -0.15) is 0 Å². The monoisotopic (exact) mass is 194 g/mol. The van der Waals surface area contributed by atoms with Crippen molar-refractivity contribution < 1.29 is 9.50 Å². The van der Waals surface area contributed by atoms with E-state index in [0.29, 0.717) is 5.69 Å². The van der Waals surface area contributed by atoms with Gasteiger partial charge in [0.05, 0.1) is 0 Å². The second-order valence-electron chi connectivity index (χ2n) is 3.21. The van der Waals surface area contributed by atoms with Crippen molar-refractivity contribution in [1.82, 2.24) is 4.98 Å². The molecule has 0 aliphatic carbocycles. The number of halogens is 1. The maximum atomic E-state index is 12.8. The van der Waals surface area contributed by atoms with E-state index in [9.17, 15) is 9.50 Å². The molecular formula is C10H11FN2O. The molecule has 14 heavy (non-hydrogen) atoms. The molecule has 0 saturated carbocycles. The summed E-state index contributed by atoms with van der Waals surface area (Å²) in [6.45, 7) is 0.148. The highest BCUT2D eigenvalue weighted by molar-refractivity contribution is 5.80. The van der Waals surface area contributed by atoms with Crippen LogP contribution in [-0.2, 0) is 0 Å². The van der Waals surface area contributed by atoms with Gasteiger partial charge in [-0.1, -0.05) is 0 Å². The highest BCUT2D eigenvalue weighted by atomic mass is 19.1. The Morgan fingerprint density at radius 1 is 1.43 bits per heavy atom. The number of H-pyrrole nitrogens is 1. The molecule has 4 heteroatoms. The van der Waals surface area contributed by atoms with E-state index in [2.05, 4.69) is 4.98 Å². The standard InChI is InChI=1S/C10H11FN2O/c11-7-1-2-8-6(3-7)4-9(13-8)10(14)5-12/h1-4,10,13-14H,5,12H2. The summed E-state index contributed by atoms with van der Waals surface area (Å²) in [7, 11) is 0. The summed E-state index contributed by atoms with van der Waals surface area (Å²) in [6.07, 6.45) is -0.717. The molecule has 1 atom stereocenters. The van der Waals surface area contributed by atoms with Crippen LogP contribution in [0, 0.1) is 5.82 Å². The molecule has 2 rings (SSSR count). The molecule has 2 aromatic rings. The molecule has 0 aliphatic heterocycles. The Labute approximate surface area is 80.4 Å². The summed E-state index contributed by atoms with van der Waals surface area (Å²) < 4.78 is 12.8. The molecule has 0 spiro atoms. The third-order valence-electron chi connectivity index (χ3n) is 2.19. The van der Waals surface area contributed by atoms with E-state index in [1.54, 1.807) is 12.1 Å². The first-order chi connectivity index (χ1) is 6.70. The zero-order valence-electron chi connectivity index (χ0n) is 7.50. The van der Waals surface area contributed by atoms with Crippen LogP contribution in [0.25, 0.3) is 10.9 Å².